The molecule has 0 saturated carbocycles. The van der Waals surface area contributed by atoms with Crippen LogP contribution in [-0.2, 0) is 12.3 Å². The Kier molecular flexibility index (Phi) is 3.74. The highest BCUT2D eigenvalue weighted by atomic mass is 35.5. The number of nitrogens with zero attached hydrogens (tertiary/aromatic N) is 3. The number of aromatic nitrogens is 3. The van der Waals surface area contributed by atoms with E-state index in [1.807, 2.05) is 0 Å². The molecule has 5 heteroatoms. The highest BCUT2D eigenvalue weighted by molar-refractivity contribution is 6.16. The van der Waals surface area contributed by atoms with Gasteiger partial charge in [0.05, 0.1) is 17.3 Å². The predicted octanol–water partition coefficient (Wildman–Crippen LogP) is 3.10. The first-order valence-electron chi connectivity index (χ1n) is 5.51. The minimum Gasteiger partial charge on any atom is -0.217 e. The molecule has 0 unspecified atom stereocenters. The fraction of sp³-hybridized carbons (Fsp3) is 0.333. The number of rotatable bonds is 4. The quantitative estimate of drug-likeness (QED) is 0.784. The highest BCUT2D eigenvalue weighted by Crippen LogP contribution is 2.16. The van der Waals surface area contributed by atoms with Crippen LogP contribution in [0.5, 0.6) is 0 Å². The van der Waals surface area contributed by atoms with Gasteiger partial charge in [0.25, 0.3) is 0 Å². The van der Waals surface area contributed by atoms with Crippen molar-refractivity contribution < 1.29 is 4.39 Å². The molecule has 2 aromatic rings. The van der Waals surface area contributed by atoms with Crippen LogP contribution in [0.1, 0.15) is 24.7 Å². The summed E-state index contributed by atoms with van der Waals surface area (Å²) in [6.07, 6.45) is 1.84. The SMILES string of the molecule is CCCc1c(CCl)nnn1-c1ccc(F)cc1. The molecule has 0 amide bonds. The Hall–Kier alpha value is -1.42. The van der Waals surface area contributed by atoms with Crippen molar-refractivity contribution in [1.82, 2.24) is 15.0 Å². The zero-order valence-corrected chi connectivity index (χ0v) is 10.3. The molecular weight excluding hydrogens is 241 g/mol. The average Bonchev–Trinajstić information content (AvgIpc) is 2.74. The lowest BCUT2D eigenvalue weighted by Crippen LogP contribution is -2.03. The number of hydrogen-bond acceptors (Lipinski definition) is 2. The van der Waals surface area contributed by atoms with E-state index in [-0.39, 0.29) is 5.82 Å². The van der Waals surface area contributed by atoms with Crippen molar-refractivity contribution >= 4 is 11.6 Å². The molecule has 0 atom stereocenters. The van der Waals surface area contributed by atoms with Gasteiger partial charge in [0.2, 0.25) is 0 Å². The predicted molar refractivity (Wildman–Crippen MR) is 64.9 cm³/mol. The smallest absolute Gasteiger partial charge is 0.123 e. The number of benzene rings is 1. The van der Waals surface area contributed by atoms with E-state index in [1.54, 1.807) is 16.8 Å². The molecular formula is C12H13ClFN3. The van der Waals surface area contributed by atoms with Crippen LogP contribution in [0.25, 0.3) is 5.69 Å². The van der Waals surface area contributed by atoms with Gasteiger partial charge in [0.15, 0.2) is 0 Å². The number of alkyl halides is 1. The summed E-state index contributed by atoms with van der Waals surface area (Å²) in [6.45, 7) is 2.08. The molecule has 0 N–H and O–H groups in total. The topological polar surface area (TPSA) is 30.7 Å². The molecule has 1 heterocycles. The molecule has 1 aromatic carbocycles. The molecule has 0 aliphatic heterocycles. The Balaban J connectivity index is 2.43. The van der Waals surface area contributed by atoms with E-state index in [0.29, 0.717) is 5.88 Å². The van der Waals surface area contributed by atoms with E-state index in [0.717, 1.165) is 29.9 Å². The Labute approximate surface area is 104 Å². The monoisotopic (exact) mass is 253 g/mol. The normalized spacial score (nSPS) is 10.8. The first-order chi connectivity index (χ1) is 8.26. The minimum absolute atomic E-state index is 0.261. The minimum atomic E-state index is -0.261. The third-order valence-electron chi connectivity index (χ3n) is 2.53. The Morgan fingerprint density at radius 3 is 2.59 bits per heavy atom. The van der Waals surface area contributed by atoms with Crippen molar-refractivity contribution in [2.75, 3.05) is 0 Å². The molecule has 0 aliphatic rings. The second-order valence-electron chi connectivity index (χ2n) is 3.75. The van der Waals surface area contributed by atoms with Gasteiger partial charge in [-0.3, -0.25) is 0 Å². The molecule has 1 aromatic heterocycles. The molecule has 90 valence electrons. The average molecular weight is 254 g/mol. The lowest BCUT2D eigenvalue weighted by Gasteiger charge is -2.06. The number of hydrogen-bond donors (Lipinski definition) is 0. The van der Waals surface area contributed by atoms with Crippen LogP contribution < -0.4 is 0 Å². The van der Waals surface area contributed by atoms with E-state index < -0.39 is 0 Å². The van der Waals surface area contributed by atoms with Gasteiger partial charge in [0, 0.05) is 0 Å². The summed E-state index contributed by atoms with van der Waals surface area (Å²) in [7, 11) is 0. The largest absolute Gasteiger partial charge is 0.217 e. The van der Waals surface area contributed by atoms with Crippen LogP contribution in [0, 0.1) is 5.82 Å². The fourth-order valence-electron chi connectivity index (χ4n) is 1.71. The summed E-state index contributed by atoms with van der Waals surface area (Å²) < 4.78 is 14.6. The molecule has 2 rings (SSSR count). The third kappa shape index (κ3) is 2.47. The van der Waals surface area contributed by atoms with Gasteiger partial charge in [0.1, 0.15) is 11.5 Å². The fourth-order valence-corrected chi connectivity index (χ4v) is 1.92. The van der Waals surface area contributed by atoms with E-state index >= 15 is 0 Å². The summed E-state index contributed by atoms with van der Waals surface area (Å²) in [6, 6.07) is 6.18. The highest BCUT2D eigenvalue weighted by Gasteiger charge is 2.12. The molecule has 0 radical (unpaired) electrons. The third-order valence-corrected chi connectivity index (χ3v) is 2.78. The molecule has 0 saturated heterocycles. The van der Waals surface area contributed by atoms with E-state index in [9.17, 15) is 4.39 Å². The van der Waals surface area contributed by atoms with Gasteiger partial charge in [-0.25, -0.2) is 9.07 Å². The van der Waals surface area contributed by atoms with Gasteiger partial charge in [-0.1, -0.05) is 18.6 Å². The molecule has 3 nitrogen and oxygen atoms in total. The lowest BCUT2D eigenvalue weighted by atomic mass is 10.2. The molecule has 0 fully saturated rings. The van der Waals surface area contributed by atoms with Crippen molar-refractivity contribution in [3.63, 3.8) is 0 Å². The van der Waals surface area contributed by atoms with Crippen LogP contribution in [-0.4, -0.2) is 15.0 Å². The van der Waals surface area contributed by atoms with E-state index in [2.05, 4.69) is 17.2 Å². The first-order valence-corrected chi connectivity index (χ1v) is 6.05. The zero-order valence-electron chi connectivity index (χ0n) is 9.53. The van der Waals surface area contributed by atoms with Crippen LogP contribution in [0.3, 0.4) is 0 Å². The zero-order chi connectivity index (χ0) is 12.3. The van der Waals surface area contributed by atoms with Gasteiger partial charge in [-0.2, -0.15) is 0 Å². The summed E-state index contributed by atoms with van der Waals surface area (Å²) in [4.78, 5) is 0. The Bertz CT molecular complexity index is 493. The Morgan fingerprint density at radius 1 is 1.29 bits per heavy atom. The second kappa shape index (κ2) is 5.27. The molecule has 17 heavy (non-hydrogen) atoms. The maximum Gasteiger partial charge on any atom is 0.123 e. The van der Waals surface area contributed by atoms with Crippen LogP contribution in [0.15, 0.2) is 24.3 Å². The van der Waals surface area contributed by atoms with Crippen LogP contribution in [0.2, 0.25) is 0 Å². The molecule has 0 bridgehead atoms. The van der Waals surface area contributed by atoms with Crippen molar-refractivity contribution in [1.29, 1.82) is 0 Å². The summed E-state index contributed by atoms with van der Waals surface area (Å²) in [5.41, 5.74) is 2.59. The van der Waals surface area contributed by atoms with E-state index in [1.165, 1.54) is 12.1 Å². The van der Waals surface area contributed by atoms with Gasteiger partial charge < -0.3 is 0 Å². The standard InChI is InChI=1S/C12H13ClFN3/c1-2-3-12-11(8-13)15-16-17(12)10-6-4-9(14)5-7-10/h4-7H,2-3,8H2,1H3. The molecule has 0 aliphatic carbocycles. The Morgan fingerprint density at radius 2 is 2.00 bits per heavy atom. The first kappa shape index (κ1) is 12.0. The summed E-state index contributed by atoms with van der Waals surface area (Å²) >= 11 is 5.82. The van der Waals surface area contributed by atoms with Gasteiger partial charge in [-0.15, -0.1) is 16.7 Å². The van der Waals surface area contributed by atoms with Crippen LogP contribution in [0.4, 0.5) is 4.39 Å². The van der Waals surface area contributed by atoms with Crippen molar-refractivity contribution in [3.05, 3.63) is 41.5 Å². The lowest BCUT2D eigenvalue weighted by molar-refractivity contribution is 0.626. The van der Waals surface area contributed by atoms with Crippen molar-refractivity contribution in [2.45, 2.75) is 25.6 Å². The van der Waals surface area contributed by atoms with Gasteiger partial charge in [-0.05, 0) is 30.7 Å². The maximum atomic E-state index is 12.9. The van der Waals surface area contributed by atoms with Crippen LogP contribution >= 0.6 is 11.6 Å². The summed E-state index contributed by atoms with van der Waals surface area (Å²) in [5, 5.41) is 8.10. The van der Waals surface area contributed by atoms with Gasteiger partial charge >= 0.3 is 0 Å². The number of halogens is 2. The van der Waals surface area contributed by atoms with E-state index in [4.69, 9.17) is 11.6 Å². The van der Waals surface area contributed by atoms with Crippen molar-refractivity contribution in [2.24, 2.45) is 0 Å². The van der Waals surface area contributed by atoms with Crippen molar-refractivity contribution in [3.8, 4) is 5.69 Å². The molecule has 0 spiro atoms. The summed E-state index contributed by atoms with van der Waals surface area (Å²) in [5.74, 6) is 0.0831. The maximum absolute atomic E-state index is 12.9. The second-order valence-corrected chi connectivity index (χ2v) is 4.02.